The second kappa shape index (κ2) is 12.1. The molecule has 0 unspecified atom stereocenters. The van der Waals surface area contributed by atoms with Gasteiger partial charge in [-0.05, 0) is 70.2 Å². The Morgan fingerprint density at radius 2 is 1.62 bits per heavy atom. The van der Waals surface area contributed by atoms with E-state index in [1.54, 1.807) is 14.2 Å². The van der Waals surface area contributed by atoms with Gasteiger partial charge >= 0.3 is 0 Å². The van der Waals surface area contributed by atoms with Crippen molar-refractivity contribution < 1.29 is 14.2 Å². The molecule has 6 aromatic rings. The average Bonchev–Trinajstić information content (AvgIpc) is 3.43. The van der Waals surface area contributed by atoms with Crippen molar-refractivity contribution in [3.05, 3.63) is 162 Å². The largest absolute Gasteiger partial charge is 0.496 e. The molecule has 1 aliphatic heterocycles. The first-order chi connectivity index (χ1) is 23.1. The molecule has 0 fully saturated rings. The fourth-order valence-corrected chi connectivity index (χ4v) is 7.81. The third-order valence-electron chi connectivity index (χ3n) is 9.06. The predicted octanol–water partition coefficient (Wildman–Crippen LogP) is 7.07. The topological polar surface area (TPSA) is 62.0 Å². The van der Waals surface area contributed by atoms with Crippen LogP contribution in [0.15, 0.2) is 125 Å². The summed E-state index contributed by atoms with van der Waals surface area (Å²) < 4.78 is 20.3. The molecule has 7 heteroatoms. The quantitative estimate of drug-likeness (QED) is 0.188. The van der Waals surface area contributed by atoms with E-state index in [1.165, 1.54) is 22.3 Å². The molecule has 2 heterocycles. The van der Waals surface area contributed by atoms with Crippen molar-refractivity contribution in [3.8, 4) is 17.2 Å². The van der Waals surface area contributed by atoms with Gasteiger partial charge in [0.25, 0.3) is 5.56 Å². The average molecular weight is 637 g/mol. The lowest BCUT2D eigenvalue weighted by molar-refractivity contribution is 0.285. The van der Waals surface area contributed by atoms with E-state index in [4.69, 9.17) is 19.2 Å². The second-order valence-corrected chi connectivity index (χ2v) is 12.7. The van der Waals surface area contributed by atoms with E-state index in [0.29, 0.717) is 27.4 Å². The molecular formula is C40H32N2O4S. The Kier molecular flexibility index (Phi) is 7.46. The highest BCUT2D eigenvalue weighted by atomic mass is 32.1. The van der Waals surface area contributed by atoms with E-state index in [2.05, 4.69) is 54.6 Å². The molecule has 6 nitrogen and oxygen atoms in total. The fraction of sp³-hybridized carbons (Fsp3) is 0.150. The number of thiazole rings is 1. The molecule has 8 rings (SSSR count). The smallest absolute Gasteiger partial charge is 0.271 e. The van der Waals surface area contributed by atoms with Gasteiger partial charge in [-0.3, -0.25) is 9.36 Å². The molecule has 0 radical (unpaired) electrons. The van der Waals surface area contributed by atoms with Crippen LogP contribution in [0.25, 0.3) is 22.5 Å². The molecule has 0 saturated carbocycles. The van der Waals surface area contributed by atoms with Crippen molar-refractivity contribution in [3.63, 3.8) is 0 Å². The van der Waals surface area contributed by atoms with Gasteiger partial charge in [-0.15, -0.1) is 0 Å². The van der Waals surface area contributed by atoms with E-state index in [0.717, 1.165) is 57.5 Å². The molecular weight excluding hydrogens is 605 g/mol. The van der Waals surface area contributed by atoms with Gasteiger partial charge in [0.1, 0.15) is 12.4 Å². The van der Waals surface area contributed by atoms with Gasteiger partial charge in [0, 0.05) is 11.1 Å². The van der Waals surface area contributed by atoms with Crippen LogP contribution in [-0.2, 0) is 13.0 Å². The first-order valence-corrected chi connectivity index (χ1v) is 16.5. The van der Waals surface area contributed by atoms with Gasteiger partial charge in [-0.25, -0.2) is 4.99 Å². The zero-order chi connectivity index (χ0) is 31.9. The number of fused-ring (bicyclic) bond motifs is 4. The summed E-state index contributed by atoms with van der Waals surface area (Å²) in [5.74, 6) is 2.00. The van der Waals surface area contributed by atoms with E-state index < -0.39 is 0 Å². The van der Waals surface area contributed by atoms with Crippen LogP contribution in [0.4, 0.5) is 0 Å². The van der Waals surface area contributed by atoms with Crippen molar-refractivity contribution >= 4 is 33.9 Å². The molecule has 232 valence electrons. The molecule has 47 heavy (non-hydrogen) atoms. The number of aryl methyl sites for hydroxylation is 1. The molecule has 2 aliphatic rings. The summed E-state index contributed by atoms with van der Waals surface area (Å²) in [7, 11) is 3.31. The van der Waals surface area contributed by atoms with Crippen molar-refractivity contribution in [2.75, 3.05) is 14.2 Å². The van der Waals surface area contributed by atoms with Gasteiger partial charge < -0.3 is 14.2 Å². The van der Waals surface area contributed by atoms with E-state index in [9.17, 15) is 4.79 Å². The maximum atomic E-state index is 14.3. The first kappa shape index (κ1) is 29.0. The van der Waals surface area contributed by atoms with Crippen LogP contribution in [0.5, 0.6) is 17.2 Å². The lowest BCUT2D eigenvalue weighted by atomic mass is 9.83. The molecule has 0 spiro atoms. The molecule has 1 aromatic heterocycles. The van der Waals surface area contributed by atoms with E-state index in [-0.39, 0.29) is 11.6 Å². The summed E-state index contributed by atoms with van der Waals surface area (Å²) in [5.41, 5.74) is 7.34. The van der Waals surface area contributed by atoms with E-state index in [1.807, 2.05) is 65.2 Å². The summed E-state index contributed by atoms with van der Waals surface area (Å²) in [5, 5.41) is 2.34. The Morgan fingerprint density at radius 1 is 0.830 bits per heavy atom. The molecule has 1 aliphatic carbocycles. The van der Waals surface area contributed by atoms with Gasteiger partial charge in [-0.1, -0.05) is 102 Å². The number of ether oxygens (including phenoxy) is 3. The highest BCUT2D eigenvalue weighted by Gasteiger charge is 2.34. The molecule has 5 aromatic carbocycles. The third kappa shape index (κ3) is 5.13. The van der Waals surface area contributed by atoms with Crippen LogP contribution in [-0.4, -0.2) is 18.8 Å². The number of benzene rings is 5. The maximum Gasteiger partial charge on any atom is 0.271 e. The number of hydrogen-bond acceptors (Lipinski definition) is 6. The summed E-state index contributed by atoms with van der Waals surface area (Å²) in [4.78, 5) is 20.1. The number of methoxy groups -OCH3 is 2. The SMILES string of the molecule is COc1cc(/C=c2/sc3n(c2=O)[C@H](c2ccccc2OC)C2=C(N=3)c3ccccc3CC2)ccc1OCc1cccc2ccccc12. The number of rotatable bonds is 7. The molecule has 0 saturated heterocycles. The summed E-state index contributed by atoms with van der Waals surface area (Å²) in [6.07, 6.45) is 3.63. The van der Waals surface area contributed by atoms with Gasteiger partial charge in [0.15, 0.2) is 16.3 Å². The van der Waals surface area contributed by atoms with Gasteiger partial charge in [0.05, 0.1) is 30.5 Å². The Balaban J connectivity index is 1.20. The van der Waals surface area contributed by atoms with Crippen LogP contribution in [0.1, 0.15) is 40.3 Å². The number of allylic oxidation sites excluding steroid dienone is 1. The first-order valence-electron chi connectivity index (χ1n) is 15.7. The molecule has 0 amide bonds. The standard InChI is InChI=1S/C40H32N2O4S/c1-44-33-17-8-7-16-31(33)38-32-20-19-27-11-4-6-15-30(27)37(32)41-40-42(38)39(43)36(47-40)23-25-18-21-34(35(22-25)45-2)46-24-28-13-9-12-26-10-3-5-14-29(26)28/h3-18,21-23,38H,19-20,24H2,1-2H3/b36-23+/t38-/m1/s1. The molecule has 0 bridgehead atoms. The fourth-order valence-electron chi connectivity index (χ4n) is 6.81. The lowest BCUT2D eigenvalue weighted by Gasteiger charge is -2.31. The third-order valence-corrected chi connectivity index (χ3v) is 10.0. The highest BCUT2D eigenvalue weighted by Crippen LogP contribution is 2.43. The minimum atomic E-state index is -0.313. The zero-order valence-electron chi connectivity index (χ0n) is 26.1. The summed E-state index contributed by atoms with van der Waals surface area (Å²) in [6.45, 7) is 0.409. The normalized spacial score (nSPS) is 15.4. The van der Waals surface area contributed by atoms with Gasteiger partial charge in [-0.2, -0.15) is 0 Å². The minimum absolute atomic E-state index is 0.0784. The lowest BCUT2D eigenvalue weighted by Crippen LogP contribution is -2.39. The maximum absolute atomic E-state index is 14.3. The predicted molar refractivity (Wildman–Crippen MR) is 187 cm³/mol. The Bertz CT molecular complexity index is 2380. The van der Waals surface area contributed by atoms with Crippen molar-refractivity contribution in [2.45, 2.75) is 25.5 Å². The minimum Gasteiger partial charge on any atom is -0.496 e. The highest BCUT2D eigenvalue weighted by molar-refractivity contribution is 7.07. The van der Waals surface area contributed by atoms with Crippen LogP contribution < -0.4 is 29.1 Å². The zero-order valence-corrected chi connectivity index (χ0v) is 26.9. The number of hydrogen-bond donors (Lipinski definition) is 0. The second-order valence-electron chi connectivity index (χ2n) is 11.7. The molecule has 1 atom stereocenters. The summed E-state index contributed by atoms with van der Waals surface area (Å²) >= 11 is 1.41. The number of aromatic nitrogens is 1. The Hall–Kier alpha value is -5.40. The van der Waals surface area contributed by atoms with E-state index >= 15 is 0 Å². The van der Waals surface area contributed by atoms with Crippen molar-refractivity contribution in [1.29, 1.82) is 0 Å². The van der Waals surface area contributed by atoms with Crippen LogP contribution in [0, 0.1) is 0 Å². The van der Waals surface area contributed by atoms with Crippen molar-refractivity contribution in [1.82, 2.24) is 4.57 Å². The molecule has 0 N–H and O–H groups in total. The number of nitrogens with zero attached hydrogens (tertiary/aromatic N) is 2. The van der Waals surface area contributed by atoms with Crippen LogP contribution >= 0.6 is 11.3 Å². The Labute approximate surface area is 276 Å². The van der Waals surface area contributed by atoms with Crippen LogP contribution in [0.2, 0.25) is 0 Å². The number of para-hydroxylation sites is 1. The summed E-state index contributed by atoms with van der Waals surface area (Å²) in [6, 6.07) is 36.4. The Morgan fingerprint density at radius 3 is 2.51 bits per heavy atom. The van der Waals surface area contributed by atoms with Crippen molar-refractivity contribution in [2.24, 2.45) is 4.99 Å². The monoisotopic (exact) mass is 636 g/mol. The van der Waals surface area contributed by atoms with Gasteiger partial charge in [0.2, 0.25) is 0 Å². The van der Waals surface area contributed by atoms with Crippen LogP contribution in [0.3, 0.4) is 0 Å².